The van der Waals surface area contributed by atoms with Crippen molar-refractivity contribution in [1.29, 1.82) is 0 Å². The lowest BCUT2D eigenvalue weighted by atomic mass is 9.91. The first-order valence-electron chi connectivity index (χ1n) is 9.62. The van der Waals surface area contributed by atoms with Gasteiger partial charge in [0.05, 0.1) is 6.61 Å². The Bertz CT molecular complexity index is 676. The molecular weight excluding hydrogens is 314 g/mol. The second kappa shape index (κ2) is 8.52. The van der Waals surface area contributed by atoms with Crippen LogP contribution in [0.4, 0.5) is 5.82 Å². The van der Waals surface area contributed by atoms with Crippen molar-refractivity contribution in [3.8, 4) is 6.01 Å². The number of likely N-dealkylation sites (tertiary alicyclic amines) is 1. The molecule has 1 fully saturated rings. The Morgan fingerprint density at radius 3 is 2.84 bits per heavy atom. The van der Waals surface area contributed by atoms with E-state index >= 15 is 0 Å². The summed E-state index contributed by atoms with van der Waals surface area (Å²) in [5, 5.41) is 0. The van der Waals surface area contributed by atoms with Gasteiger partial charge in [0, 0.05) is 6.20 Å². The molecular formula is C19H31N5O. The van der Waals surface area contributed by atoms with Crippen LogP contribution < -0.4 is 10.5 Å². The fourth-order valence-corrected chi connectivity index (χ4v) is 3.55. The molecule has 0 saturated carbocycles. The highest BCUT2D eigenvalue weighted by molar-refractivity contribution is 5.87. The van der Waals surface area contributed by atoms with Crippen molar-refractivity contribution >= 4 is 16.9 Å². The predicted octanol–water partition coefficient (Wildman–Crippen LogP) is 3.38. The van der Waals surface area contributed by atoms with Crippen LogP contribution in [0.5, 0.6) is 6.01 Å². The molecule has 1 aliphatic heterocycles. The first-order chi connectivity index (χ1) is 12.2. The van der Waals surface area contributed by atoms with E-state index in [0.717, 1.165) is 36.2 Å². The van der Waals surface area contributed by atoms with Crippen LogP contribution in [0.15, 0.2) is 6.20 Å². The number of nitrogens with one attached hydrogen (secondary N) is 1. The number of nitrogen functional groups attached to an aromatic ring is 1. The molecule has 0 aromatic carbocycles. The van der Waals surface area contributed by atoms with E-state index < -0.39 is 0 Å². The number of fused-ring (bicyclic) bond motifs is 1. The number of aromatic amines is 1. The Kier molecular flexibility index (Phi) is 6.13. The van der Waals surface area contributed by atoms with Gasteiger partial charge in [0.15, 0.2) is 5.82 Å². The SMILES string of the molecule is CCCCOc1nc(N)c2[nH]cc(CCCC3CCN(C)CC3)c2n1. The number of aromatic nitrogens is 3. The van der Waals surface area contributed by atoms with Crippen molar-refractivity contribution in [1.82, 2.24) is 19.9 Å². The van der Waals surface area contributed by atoms with Crippen LogP contribution in [-0.2, 0) is 6.42 Å². The highest BCUT2D eigenvalue weighted by Crippen LogP contribution is 2.26. The van der Waals surface area contributed by atoms with E-state index in [2.05, 4.69) is 33.8 Å². The van der Waals surface area contributed by atoms with Gasteiger partial charge in [-0.3, -0.25) is 0 Å². The van der Waals surface area contributed by atoms with E-state index in [1.54, 1.807) is 0 Å². The van der Waals surface area contributed by atoms with Crippen LogP contribution in [0, 0.1) is 5.92 Å². The number of unbranched alkanes of at least 4 members (excludes halogenated alkanes) is 1. The molecule has 2 aromatic heterocycles. The quantitative estimate of drug-likeness (QED) is 0.717. The van der Waals surface area contributed by atoms with Crippen LogP contribution in [0.1, 0.15) is 51.0 Å². The Hall–Kier alpha value is -1.82. The van der Waals surface area contributed by atoms with Crippen molar-refractivity contribution in [3.05, 3.63) is 11.8 Å². The van der Waals surface area contributed by atoms with Crippen molar-refractivity contribution in [2.24, 2.45) is 5.92 Å². The summed E-state index contributed by atoms with van der Waals surface area (Å²) in [7, 11) is 2.21. The average Bonchev–Trinajstić information content (AvgIpc) is 3.01. The summed E-state index contributed by atoms with van der Waals surface area (Å²) in [6.07, 6.45) is 10.3. The number of ether oxygens (including phenoxy) is 1. The van der Waals surface area contributed by atoms with Crippen LogP contribution in [0.3, 0.4) is 0 Å². The minimum Gasteiger partial charge on any atom is -0.463 e. The molecule has 0 spiro atoms. The fourth-order valence-electron chi connectivity index (χ4n) is 3.55. The second-order valence-corrected chi connectivity index (χ2v) is 7.27. The molecule has 0 radical (unpaired) electrons. The van der Waals surface area contributed by atoms with E-state index in [4.69, 9.17) is 10.5 Å². The molecule has 0 atom stereocenters. The first kappa shape index (κ1) is 18.0. The third kappa shape index (κ3) is 4.63. The molecule has 1 aliphatic rings. The maximum Gasteiger partial charge on any atom is 0.319 e. The van der Waals surface area contributed by atoms with Crippen LogP contribution in [-0.4, -0.2) is 46.6 Å². The van der Waals surface area contributed by atoms with Crippen LogP contribution in [0.2, 0.25) is 0 Å². The van der Waals surface area contributed by atoms with E-state index in [0.29, 0.717) is 18.4 Å². The van der Waals surface area contributed by atoms with Gasteiger partial charge < -0.3 is 20.4 Å². The summed E-state index contributed by atoms with van der Waals surface area (Å²) >= 11 is 0. The Labute approximate surface area is 150 Å². The van der Waals surface area contributed by atoms with Gasteiger partial charge in [-0.15, -0.1) is 0 Å². The third-order valence-electron chi connectivity index (χ3n) is 5.24. The normalized spacial score (nSPS) is 16.6. The van der Waals surface area contributed by atoms with E-state index in [9.17, 15) is 0 Å². The van der Waals surface area contributed by atoms with E-state index in [1.807, 2.05) is 6.20 Å². The lowest BCUT2D eigenvalue weighted by Crippen LogP contribution is -2.30. The number of hydrogen-bond donors (Lipinski definition) is 2. The number of H-pyrrole nitrogens is 1. The lowest BCUT2D eigenvalue weighted by molar-refractivity contribution is 0.210. The molecule has 0 bridgehead atoms. The standard InChI is InChI=1S/C19H31N5O/c1-3-4-12-25-19-22-16-15(13-21-17(16)18(20)23-19)7-5-6-14-8-10-24(2)11-9-14/h13-14,21H,3-12H2,1-2H3,(H2,20,22,23). The van der Waals surface area contributed by atoms with Gasteiger partial charge in [-0.25, -0.2) is 0 Å². The number of aryl methyl sites for hydroxylation is 1. The lowest BCUT2D eigenvalue weighted by Gasteiger charge is -2.28. The van der Waals surface area contributed by atoms with Crippen molar-refractivity contribution in [2.75, 3.05) is 32.5 Å². The molecule has 3 rings (SSSR count). The number of nitrogens with zero attached hydrogens (tertiary/aromatic N) is 3. The summed E-state index contributed by atoms with van der Waals surface area (Å²) in [5.41, 5.74) is 9.04. The molecule has 0 unspecified atom stereocenters. The molecule has 3 N–H and O–H groups in total. The van der Waals surface area contributed by atoms with Gasteiger partial charge in [-0.1, -0.05) is 19.8 Å². The van der Waals surface area contributed by atoms with Crippen molar-refractivity contribution < 1.29 is 4.74 Å². The zero-order chi connectivity index (χ0) is 17.6. The minimum absolute atomic E-state index is 0.398. The fraction of sp³-hybridized carbons (Fsp3) is 0.684. The molecule has 25 heavy (non-hydrogen) atoms. The minimum atomic E-state index is 0.398. The Balaban J connectivity index is 1.61. The molecule has 0 aliphatic carbocycles. The molecule has 6 heteroatoms. The first-order valence-corrected chi connectivity index (χ1v) is 9.62. The summed E-state index contributed by atoms with van der Waals surface area (Å²) in [5.74, 6) is 1.34. The molecule has 0 amide bonds. The monoisotopic (exact) mass is 345 g/mol. The summed E-state index contributed by atoms with van der Waals surface area (Å²) < 4.78 is 5.65. The molecule has 3 heterocycles. The average molecular weight is 345 g/mol. The predicted molar refractivity (Wildman–Crippen MR) is 102 cm³/mol. The van der Waals surface area contributed by atoms with E-state index in [-0.39, 0.29) is 0 Å². The van der Waals surface area contributed by atoms with Gasteiger partial charge in [-0.2, -0.15) is 9.97 Å². The number of piperidine rings is 1. The highest BCUT2D eigenvalue weighted by atomic mass is 16.5. The van der Waals surface area contributed by atoms with Gasteiger partial charge >= 0.3 is 6.01 Å². The smallest absolute Gasteiger partial charge is 0.319 e. The van der Waals surface area contributed by atoms with Gasteiger partial charge in [0.1, 0.15) is 11.0 Å². The molecule has 138 valence electrons. The topological polar surface area (TPSA) is 80.1 Å². The van der Waals surface area contributed by atoms with Crippen molar-refractivity contribution in [3.63, 3.8) is 0 Å². The zero-order valence-electron chi connectivity index (χ0n) is 15.6. The molecule has 1 saturated heterocycles. The molecule has 6 nitrogen and oxygen atoms in total. The van der Waals surface area contributed by atoms with Crippen LogP contribution >= 0.6 is 0 Å². The number of rotatable bonds is 8. The summed E-state index contributed by atoms with van der Waals surface area (Å²) in [6, 6.07) is 0.398. The maximum atomic E-state index is 6.07. The molecule has 2 aromatic rings. The summed E-state index contributed by atoms with van der Waals surface area (Å²) in [6.45, 7) is 5.24. The van der Waals surface area contributed by atoms with E-state index in [1.165, 1.54) is 44.3 Å². The Morgan fingerprint density at radius 1 is 1.28 bits per heavy atom. The van der Waals surface area contributed by atoms with Gasteiger partial charge in [-0.05, 0) is 63.7 Å². The number of anilines is 1. The zero-order valence-corrected chi connectivity index (χ0v) is 15.6. The van der Waals surface area contributed by atoms with Crippen molar-refractivity contribution in [2.45, 2.75) is 51.9 Å². The summed E-state index contributed by atoms with van der Waals surface area (Å²) in [4.78, 5) is 14.5. The second-order valence-electron chi connectivity index (χ2n) is 7.27. The van der Waals surface area contributed by atoms with Gasteiger partial charge in [0.25, 0.3) is 0 Å². The maximum absolute atomic E-state index is 6.07. The largest absolute Gasteiger partial charge is 0.463 e. The number of hydrogen-bond acceptors (Lipinski definition) is 5. The van der Waals surface area contributed by atoms with Crippen LogP contribution in [0.25, 0.3) is 11.0 Å². The third-order valence-corrected chi connectivity index (χ3v) is 5.24. The number of nitrogens with two attached hydrogens (primary N) is 1. The van der Waals surface area contributed by atoms with Gasteiger partial charge in [0.2, 0.25) is 0 Å². The Morgan fingerprint density at radius 2 is 2.08 bits per heavy atom. The highest BCUT2D eigenvalue weighted by Gasteiger charge is 2.17.